The summed E-state index contributed by atoms with van der Waals surface area (Å²) in [4.78, 5) is 2.77. The van der Waals surface area contributed by atoms with E-state index < -0.39 is 0 Å². The first-order valence-corrected chi connectivity index (χ1v) is 7.17. The van der Waals surface area contributed by atoms with Crippen molar-refractivity contribution >= 4 is 0 Å². The van der Waals surface area contributed by atoms with E-state index in [-0.39, 0.29) is 0 Å². The average molecular weight is 226 g/mol. The van der Waals surface area contributed by atoms with Crippen LogP contribution in [0.4, 0.5) is 0 Å². The van der Waals surface area contributed by atoms with Gasteiger partial charge in [-0.25, -0.2) is 0 Å². The Balaban J connectivity index is 2.62. The number of nitrogens with one attached hydrogen (secondary N) is 1. The highest BCUT2D eigenvalue weighted by Crippen LogP contribution is 2.21. The summed E-state index contributed by atoms with van der Waals surface area (Å²) in [7, 11) is 0. The van der Waals surface area contributed by atoms with E-state index in [1.807, 2.05) is 0 Å². The van der Waals surface area contributed by atoms with Crippen molar-refractivity contribution in [3.63, 3.8) is 0 Å². The molecule has 0 aromatic rings. The van der Waals surface area contributed by atoms with Crippen molar-refractivity contribution in [2.24, 2.45) is 5.92 Å². The van der Waals surface area contributed by atoms with E-state index in [0.717, 1.165) is 18.0 Å². The van der Waals surface area contributed by atoms with Gasteiger partial charge in [0.2, 0.25) is 0 Å². The minimum atomic E-state index is 0.768. The van der Waals surface area contributed by atoms with Crippen LogP contribution in [-0.4, -0.2) is 36.6 Å². The second-order valence-corrected chi connectivity index (χ2v) is 5.46. The van der Waals surface area contributed by atoms with Crippen LogP contribution in [0.25, 0.3) is 0 Å². The molecule has 2 heteroatoms. The van der Waals surface area contributed by atoms with Crippen LogP contribution < -0.4 is 5.32 Å². The molecule has 0 radical (unpaired) electrons. The number of hydrogen-bond acceptors (Lipinski definition) is 2. The van der Waals surface area contributed by atoms with Gasteiger partial charge in [-0.1, -0.05) is 27.7 Å². The molecule has 0 saturated carbocycles. The Bertz CT molecular complexity index is 174. The van der Waals surface area contributed by atoms with Crippen LogP contribution in [0.2, 0.25) is 0 Å². The zero-order valence-electron chi connectivity index (χ0n) is 11.6. The summed E-state index contributed by atoms with van der Waals surface area (Å²) in [5.74, 6) is 0.776. The lowest BCUT2D eigenvalue weighted by atomic mass is 9.95. The number of piperidine rings is 1. The molecule has 0 aliphatic carbocycles. The largest absolute Gasteiger partial charge is 0.315 e. The second kappa shape index (κ2) is 7.29. The Hall–Kier alpha value is -0.0800. The highest BCUT2D eigenvalue weighted by molar-refractivity contribution is 4.84. The van der Waals surface area contributed by atoms with Gasteiger partial charge in [0.15, 0.2) is 0 Å². The molecule has 0 aromatic heterocycles. The summed E-state index contributed by atoms with van der Waals surface area (Å²) in [6, 6.07) is 1.55. The third-order valence-corrected chi connectivity index (χ3v) is 3.84. The minimum absolute atomic E-state index is 0.768. The fourth-order valence-electron chi connectivity index (χ4n) is 3.08. The second-order valence-electron chi connectivity index (χ2n) is 5.46. The lowest BCUT2D eigenvalue weighted by molar-refractivity contribution is 0.0818. The van der Waals surface area contributed by atoms with Gasteiger partial charge in [0, 0.05) is 18.6 Å². The third-order valence-electron chi connectivity index (χ3n) is 3.84. The Morgan fingerprint density at radius 2 is 2.06 bits per heavy atom. The smallest absolute Gasteiger partial charge is 0.0224 e. The van der Waals surface area contributed by atoms with Gasteiger partial charge in [-0.3, -0.25) is 4.90 Å². The van der Waals surface area contributed by atoms with Crippen LogP contribution >= 0.6 is 0 Å². The van der Waals surface area contributed by atoms with Crippen LogP contribution in [0.5, 0.6) is 0 Å². The van der Waals surface area contributed by atoms with Crippen LogP contribution in [-0.2, 0) is 0 Å². The molecule has 1 rings (SSSR count). The average Bonchev–Trinajstić information content (AvgIpc) is 2.29. The highest BCUT2D eigenvalue weighted by Gasteiger charge is 2.27. The van der Waals surface area contributed by atoms with Crippen molar-refractivity contribution in [3.8, 4) is 0 Å². The van der Waals surface area contributed by atoms with Gasteiger partial charge >= 0.3 is 0 Å². The quantitative estimate of drug-likeness (QED) is 0.749. The predicted molar refractivity (Wildman–Crippen MR) is 71.8 cm³/mol. The van der Waals surface area contributed by atoms with Crippen molar-refractivity contribution in [2.45, 2.75) is 65.5 Å². The molecule has 0 aromatic carbocycles. The van der Waals surface area contributed by atoms with Crippen LogP contribution in [0.3, 0.4) is 0 Å². The first-order valence-electron chi connectivity index (χ1n) is 7.17. The summed E-state index contributed by atoms with van der Waals surface area (Å²) >= 11 is 0. The van der Waals surface area contributed by atoms with Crippen molar-refractivity contribution in [2.75, 3.05) is 19.6 Å². The first kappa shape index (κ1) is 14.0. The van der Waals surface area contributed by atoms with E-state index in [0.29, 0.717) is 0 Å². The molecule has 1 fully saturated rings. The number of rotatable bonds is 6. The Kier molecular flexibility index (Phi) is 6.37. The third kappa shape index (κ3) is 3.74. The molecule has 2 unspecified atom stereocenters. The van der Waals surface area contributed by atoms with E-state index in [1.54, 1.807) is 0 Å². The summed E-state index contributed by atoms with van der Waals surface area (Å²) in [6.07, 6.45) is 5.30. The molecule has 2 atom stereocenters. The number of hydrogen-bond donors (Lipinski definition) is 1. The lowest BCUT2D eigenvalue weighted by Gasteiger charge is -2.41. The van der Waals surface area contributed by atoms with E-state index in [2.05, 4.69) is 37.9 Å². The van der Waals surface area contributed by atoms with Gasteiger partial charge in [0.1, 0.15) is 0 Å². The summed E-state index contributed by atoms with van der Waals surface area (Å²) < 4.78 is 0. The molecule has 0 bridgehead atoms. The van der Waals surface area contributed by atoms with Gasteiger partial charge in [-0.2, -0.15) is 0 Å². The van der Waals surface area contributed by atoms with Gasteiger partial charge in [-0.15, -0.1) is 0 Å². The molecule has 2 nitrogen and oxygen atoms in total. The molecule has 0 spiro atoms. The Labute approximate surface area is 102 Å². The minimum Gasteiger partial charge on any atom is -0.315 e. The molecule has 1 N–H and O–H groups in total. The molecule has 1 heterocycles. The molecule has 0 amide bonds. The first-order chi connectivity index (χ1) is 7.70. The van der Waals surface area contributed by atoms with Crippen LogP contribution in [0.1, 0.15) is 53.4 Å². The van der Waals surface area contributed by atoms with Gasteiger partial charge < -0.3 is 5.32 Å². The predicted octanol–water partition coefficient (Wildman–Crippen LogP) is 2.89. The van der Waals surface area contributed by atoms with Gasteiger partial charge in [0.05, 0.1) is 0 Å². The maximum absolute atomic E-state index is 3.55. The zero-order valence-corrected chi connectivity index (χ0v) is 11.6. The summed E-state index contributed by atoms with van der Waals surface area (Å²) in [5.41, 5.74) is 0. The van der Waals surface area contributed by atoms with Crippen LogP contribution in [0, 0.1) is 5.92 Å². The Morgan fingerprint density at radius 1 is 1.31 bits per heavy atom. The molecule has 1 aliphatic heterocycles. The van der Waals surface area contributed by atoms with Crippen molar-refractivity contribution in [1.29, 1.82) is 0 Å². The topological polar surface area (TPSA) is 15.3 Å². The van der Waals surface area contributed by atoms with Crippen molar-refractivity contribution < 1.29 is 0 Å². The van der Waals surface area contributed by atoms with Crippen LogP contribution in [0.15, 0.2) is 0 Å². The fourth-order valence-corrected chi connectivity index (χ4v) is 3.08. The summed E-state index contributed by atoms with van der Waals surface area (Å²) in [6.45, 7) is 13.1. The highest BCUT2D eigenvalue weighted by atomic mass is 15.2. The molecular formula is C14H30N2. The SMILES string of the molecule is CCCN(C1CCCNC1)C(CC)C(C)C. The standard InChI is InChI=1S/C14H30N2/c1-5-10-16(14(6-2)12(3)4)13-8-7-9-15-11-13/h12-15H,5-11H2,1-4H3. The summed E-state index contributed by atoms with van der Waals surface area (Å²) in [5, 5.41) is 3.55. The van der Waals surface area contributed by atoms with Gasteiger partial charge in [-0.05, 0) is 44.7 Å². The molecule has 16 heavy (non-hydrogen) atoms. The maximum atomic E-state index is 3.55. The van der Waals surface area contributed by atoms with Gasteiger partial charge in [0.25, 0.3) is 0 Å². The lowest BCUT2D eigenvalue weighted by Crippen LogP contribution is -2.52. The zero-order chi connectivity index (χ0) is 12.0. The monoisotopic (exact) mass is 226 g/mol. The van der Waals surface area contributed by atoms with E-state index >= 15 is 0 Å². The molecule has 1 aliphatic rings. The Morgan fingerprint density at radius 3 is 2.50 bits per heavy atom. The molecule has 1 saturated heterocycles. The fraction of sp³-hybridized carbons (Fsp3) is 1.00. The van der Waals surface area contributed by atoms with Crippen molar-refractivity contribution in [3.05, 3.63) is 0 Å². The molecular weight excluding hydrogens is 196 g/mol. The normalized spacial score (nSPS) is 24.0. The number of nitrogens with zero attached hydrogens (tertiary/aromatic N) is 1. The van der Waals surface area contributed by atoms with Crippen molar-refractivity contribution in [1.82, 2.24) is 10.2 Å². The van der Waals surface area contributed by atoms with E-state index in [4.69, 9.17) is 0 Å². The molecule has 96 valence electrons. The van der Waals surface area contributed by atoms with E-state index in [9.17, 15) is 0 Å². The van der Waals surface area contributed by atoms with E-state index in [1.165, 1.54) is 45.3 Å². The maximum Gasteiger partial charge on any atom is 0.0224 e.